The van der Waals surface area contributed by atoms with E-state index in [1.807, 2.05) is 0 Å². The van der Waals surface area contributed by atoms with Gasteiger partial charge in [0, 0.05) is 5.54 Å². The van der Waals surface area contributed by atoms with Crippen molar-refractivity contribution in [1.82, 2.24) is 4.90 Å². The molecule has 1 saturated heterocycles. The van der Waals surface area contributed by atoms with Crippen molar-refractivity contribution in [1.29, 1.82) is 0 Å². The summed E-state index contributed by atoms with van der Waals surface area (Å²) in [6.07, 6.45) is 3.45. The van der Waals surface area contributed by atoms with Crippen LogP contribution in [-0.2, 0) is 4.79 Å². The van der Waals surface area contributed by atoms with Gasteiger partial charge in [-0.15, -0.1) is 0 Å². The van der Waals surface area contributed by atoms with Gasteiger partial charge in [0.05, 0.1) is 6.54 Å². The molecule has 0 bridgehead atoms. The van der Waals surface area contributed by atoms with Gasteiger partial charge in [0.15, 0.2) is 0 Å². The SMILES string of the molecule is CC1(C)CCCN1CC=O. The molecule has 0 radical (unpaired) electrons. The van der Waals surface area contributed by atoms with Gasteiger partial charge in [-0.2, -0.15) is 0 Å². The predicted molar refractivity (Wildman–Crippen MR) is 41.0 cm³/mol. The Morgan fingerprint density at radius 3 is 2.70 bits per heavy atom. The van der Waals surface area contributed by atoms with Gasteiger partial charge in [-0.05, 0) is 33.2 Å². The van der Waals surface area contributed by atoms with Crippen LogP contribution in [0, 0.1) is 0 Å². The third kappa shape index (κ3) is 1.37. The largest absolute Gasteiger partial charge is 0.302 e. The lowest BCUT2D eigenvalue weighted by Crippen LogP contribution is -2.39. The van der Waals surface area contributed by atoms with E-state index in [1.54, 1.807) is 0 Å². The van der Waals surface area contributed by atoms with Gasteiger partial charge in [-0.1, -0.05) is 0 Å². The minimum absolute atomic E-state index is 0.265. The molecule has 1 aliphatic heterocycles. The number of nitrogens with zero attached hydrogens (tertiary/aromatic N) is 1. The summed E-state index contributed by atoms with van der Waals surface area (Å²) >= 11 is 0. The lowest BCUT2D eigenvalue weighted by molar-refractivity contribution is -0.109. The van der Waals surface area contributed by atoms with Crippen molar-refractivity contribution in [3.63, 3.8) is 0 Å². The molecule has 1 aliphatic rings. The summed E-state index contributed by atoms with van der Waals surface area (Å²) in [6.45, 7) is 6.09. The van der Waals surface area contributed by atoms with Crippen molar-refractivity contribution in [3.8, 4) is 0 Å². The van der Waals surface area contributed by atoms with Gasteiger partial charge in [0.25, 0.3) is 0 Å². The van der Waals surface area contributed by atoms with E-state index in [0.29, 0.717) is 6.54 Å². The average molecular weight is 141 g/mol. The quantitative estimate of drug-likeness (QED) is 0.536. The van der Waals surface area contributed by atoms with E-state index in [1.165, 1.54) is 12.8 Å². The number of carbonyl (C=O) groups excluding carboxylic acids is 1. The number of hydrogen-bond acceptors (Lipinski definition) is 2. The molecule has 2 heteroatoms. The second-order valence-electron chi connectivity index (χ2n) is 3.53. The summed E-state index contributed by atoms with van der Waals surface area (Å²) < 4.78 is 0. The Labute approximate surface area is 62.2 Å². The van der Waals surface area contributed by atoms with Crippen molar-refractivity contribution < 1.29 is 4.79 Å². The van der Waals surface area contributed by atoms with Gasteiger partial charge in [-0.3, -0.25) is 4.90 Å². The zero-order valence-electron chi connectivity index (χ0n) is 6.76. The monoisotopic (exact) mass is 141 g/mol. The highest BCUT2D eigenvalue weighted by Crippen LogP contribution is 2.26. The van der Waals surface area contributed by atoms with E-state index in [0.717, 1.165) is 12.8 Å². The minimum Gasteiger partial charge on any atom is -0.302 e. The first-order valence-corrected chi connectivity index (χ1v) is 3.85. The first-order chi connectivity index (χ1) is 4.67. The van der Waals surface area contributed by atoms with Crippen LogP contribution in [0.15, 0.2) is 0 Å². The summed E-state index contributed by atoms with van der Waals surface area (Å²) in [5, 5.41) is 0. The van der Waals surface area contributed by atoms with E-state index in [2.05, 4.69) is 18.7 Å². The Kier molecular flexibility index (Phi) is 2.09. The molecular weight excluding hydrogens is 126 g/mol. The standard InChI is InChI=1S/C8H15NO/c1-8(2)4-3-5-9(8)6-7-10/h7H,3-6H2,1-2H3. The molecule has 2 nitrogen and oxygen atoms in total. The lowest BCUT2D eigenvalue weighted by atomic mass is 10.0. The van der Waals surface area contributed by atoms with E-state index >= 15 is 0 Å². The first kappa shape index (κ1) is 7.73. The van der Waals surface area contributed by atoms with Crippen LogP contribution >= 0.6 is 0 Å². The normalized spacial score (nSPS) is 25.0. The van der Waals surface area contributed by atoms with Crippen molar-refractivity contribution >= 4 is 6.29 Å². The molecule has 0 unspecified atom stereocenters. The Morgan fingerprint density at radius 1 is 1.60 bits per heavy atom. The number of carbonyl (C=O) groups is 1. The maximum absolute atomic E-state index is 10.2. The lowest BCUT2D eigenvalue weighted by Gasteiger charge is -2.29. The first-order valence-electron chi connectivity index (χ1n) is 3.85. The van der Waals surface area contributed by atoms with Crippen LogP contribution < -0.4 is 0 Å². The highest BCUT2D eigenvalue weighted by molar-refractivity contribution is 5.52. The van der Waals surface area contributed by atoms with Gasteiger partial charge in [0.2, 0.25) is 0 Å². The molecule has 0 aromatic heterocycles. The topological polar surface area (TPSA) is 20.3 Å². The number of aldehydes is 1. The molecule has 0 aromatic rings. The Hall–Kier alpha value is -0.370. The van der Waals surface area contributed by atoms with E-state index < -0.39 is 0 Å². The molecule has 0 saturated carbocycles. The second kappa shape index (κ2) is 2.70. The number of hydrogen-bond donors (Lipinski definition) is 0. The summed E-state index contributed by atoms with van der Waals surface area (Å²) in [5.74, 6) is 0. The molecule has 0 aliphatic carbocycles. The summed E-state index contributed by atoms with van der Waals surface area (Å²) in [5.41, 5.74) is 0.265. The van der Waals surface area contributed by atoms with Crippen LogP contribution in [0.2, 0.25) is 0 Å². The molecule has 1 heterocycles. The molecule has 58 valence electrons. The van der Waals surface area contributed by atoms with Gasteiger partial charge >= 0.3 is 0 Å². The smallest absolute Gasteiger partial charge is 0.133 e. The summed E-state index contributed by atoms with van der Waals surface area (Å²) in [4.78, 5) is 12.4. The third-order valence-corrected chi connectivity index (χ3v) is 2.37. The van der Waals surface area contributed by atoms with Crippen molar-refractivity contribution in [2.24, 2.45) is 0 Å². The van der Waals surface area contributed by atoms with Crippen LogP contribution in [0.3, 0.4) is 0 Å². The van der Waals surface area contributed by atoms with Crippen LogP contribution in [0.4, 0.5) is 0 Å². The Balaban J connectivity index is 2.50. The molecule has 1 fully saturated rings. The van der Waals surface area contributed by atoms with Gasteiger partial charge in [0.1, 0.15) is 6.29 Å². The maximum atomic E-state index is 10.2. The molecular formula is C8H15NO. The molecule has 1 rings (SSSR count). The molecule has 0 N–H and O–H groups in total. The van der Waals surface area contributed by atoms with Crippen LogP contribution in [0.25, 0.3) is 0 Å². The van der Waals surface area contributed by atoms with Crippen LogP contribution in [0.1, 0.15) is 26.7 Å². The summed E-state index contributed by atoms with van der Waals surface area (Å²) in [6, 6.07) is 0. The fourth-order valence-corrected chi connectivity index (χ4v) is 1.59. The van der Waals surface area contributed by atoms with Crippen LogP contribution in [0.5, 0.6) is 0 Å². The van der Waals surface area contributed by atoms with E-state index in [-0.39, 0.29) is 5.54 Å². The van der Waals surface area contributed by atoms with E-state index in [4.69, 9.17) is 0 Å². The zero-order valence-corrected chi connectivity index (χ0v) is 6.76. The highest BCUT2D eigenvalue weighted by atomic mass is 16.1. The summed E-state index contributed by atoms with van der Waals surface area (Å²) in [7, 11) is 0. The van der Waals surface area contributed by atoms with E-state index in [9.17, 15) is 4.79 Å². The van der Waals surface area contributed by atoms with Crippen molar-refractivity contribution in [2.75, 3.05) is 13.1 Å². The minimum atomic E-state index is 0.265. The molecule has 10 heavy (non-hydrogen) atoms. The Morgan fingerprint density at radius 2 is 2.30 bits per heavy atom. The Bertz CT molecular complexity index is 131. The third-order valence-electron chi connectivity index (χ3n) is 2.37. The zero-order chi connectivity index (χ0) is 7.61. The highest BCUT2D eigenvalue weighted by Gasteiger charge is 2.30. The van der Waals surface area contributed by atoms with Gasteiger partial charge < -0.3 is 4.79 Å². The van der Waals surface area contributed by atoms with Crippen molar-refractivity contribution in [3.05, 3.63) is 0 Å². The number of likely N-dealkylation sites (tertiary alicyclic amines) is 1. The maximum Gasteiger partial charge on any atom is 0.133 e. The molecule has 0 spiro atoms. The molecule has 0 amide bonds. The second-order valence-corrected chi connectivity index (χ2v) is 3.53. The van der Waals surface area contributed by atoms with Crippen molar-refractivity contribution in [2.45, 2.75) is 32.2 Å². The van der Waals surface area contributed by atoms with Crippen LogP contribution in [-0.4, -0.2) is 29.8 Å². The fraction of sp³-hybridized carbons (Fsp3) is 0.875. The fourth-order valence-electron chi connectivity index (χ4n) is 1.59. The molecule has 0 atom stereocenters. The number of rotatable bonds is 2. The molecule has 0 aromatic carbocycles. The average Bonchev–Trinajstić information content (AvgIpc) is 2.13. The van der Waals surface area contributed by atoms with Gasteiger partial charge in [-0.25, -0.2) is 0 Å². The predicted octanol–water partition coefficient (Wildman–Crippen LogP) is 1.06.